The van der Waals surface area contributed by atoms with Gasteiger partial charge in [-0.05, 0) is 49.2 Å². The Hall–Kier alpha value is -2.34. The number of carbonyl (C=O) groups is 1. The number of rotatable bonds is 4. The Balaban J connectivity index is 2.42. The summed E-state index contributed by atoms with van der Waals surface area (Å²) in [5.41, 5.74) is 2.80. The standard InChI is InChI=1S/C17H20N2O3S/c1-12-9-10-15(11-13(12)2)23(21,22)18-16-7-5-6-8-17(16)19(4)14(3)20/h5-11,18H,1-4H3. The Morgan fingerprint density at radius 2 is 1.70 bits per heavy atom. The van der Waals surface area contributed by atoms with Gasteiger partial charge >= 0.3 is 0 Å². The van der Waals surface area contributed by atoms with Gasteiger partial charge in [0.15, 0.2) is 0 Å². The summed E-state index contributed by atoms with van der Waals surface area (Å²) in [6.45, 7) is 5.22. The molecule has 5 nitrogen and oxygen atoms in total. The van der Waals surface area contributed by atoms with Crippen molar-refractivity contribution >= 4 is 27.3 Å². The first-order chi connectivity index (χ1) is 10.7. The fourth-order valence-corrected chi connectivity index (χ4v) is 3.27. The Morgan fingerprint density at radius 3 is 2.30 bits per heavy atom. The maximum Gasteiger partial charge on any atom is 0.261 e. The number of hydrogen-bond donors (Lipinski definition) is 1. The second-order valence-corrected chi connectivity index (χ2v) is 7.13. The quantitative estimate of drug-likeness (QED) is 0.935. The van der Waals surface area contributed by atoms with Crippen molar-refractivity contribution in [2.24, 2.45) is 0 Å². The predicted molar refractivity (Wildman–Crippen MR) is 92.3 cm³/mol. The molecule has 0 saturated carbocycles. The van der Waals surface area contributed by atoms with E-state index in [-0.39, 0.29) is 10.8 Å². The lowest BCUT2D eigenvalue weighted by Crippen LogP contribution is -2.25. The lowest BCUT2D eigenvalue weighted by Gasteiger charge is -2.20. The first-order valence-electron chi connectivity index (χ1n) is 7.16. The minimum atomic E-state index is -3.72. The predicted octanol–water partition coefficient (Wildman–Crippen LogP) is 3.09. The van der Waals surface area contributed by atoms with Crippen molar-refractivity contribution in [3.05, 3.63) is 53.6 Å². The average Bonchev–Trinajstić information content (AvgIpc) is 2.49. The molecule has 2 aromatic rings. The molecule has 0 saturated heterocycles. The summed E-state index contributed by atoms with van der Waals surface area (Å²) in [6, 6.07) is 11.8. The SMILES string of the molecule is CC(=O)N(C)c1ccccc1NS(=O)(=O)c1ccc(C)c(C)c1. The average molecular weight is 332 g/mol. The maximum absolute atomic E-state index is 12.6. The van der Waals surface area contributed by atoms with Crippen molar-refractivity contribution in [3.8, 4) is 0 Å². The number of benzene rings is 2. The summed E-state index contributed by atoms with van der Waals surface area (Å²) in [7, 11) is -2.12. The minimum Gasteiger partial charge on any atom is -0.314 e. The number of sulfonamides is 1. The number of aryl methyl sites for hydroxylation is 2. The van der Waals surface area contributed by atoms with Crippen LogP contribution in [0.5, 0.6) is 0 Å². The van der Waals surface area contributed by atoms with Crippen LogP contribution in [0.15, 0.2) is 47.4 Å². The van der Waals surface area contributed by atoms with Crippen LogP contribution in [0.25, 0.3) is 0 Å². The number of amides is 1. The van der Waals surface area contributed by atoms with Crippen molar-refractivity contribution < 1.29 is 13.2 Å². The monoisotopic (exact) mass is 332 g/mol. The highest BCUT2D eigenvalue weighted by Crippen LogP contribution is 2.27. The molecule has 0 spiro atoms. The van der Waals surface area contributed by atoms with Crippen molar-refractivity contribution in [2.45, 2.75) is 25.7 Å². The smallest absolute Gasteiger partial charge is 0.261 e. The third-order valence-electron chi connectivity index (χ3n) is 3.77. The summed E-state index contributed by atoms with van der Waals surface area (Å²) in [5, 5.41) is 0. The number of para-hydroxylation sites is 2. The molecule has 0 aliphatic rings. The second-order valence-electron chi connectivity index (χ2n) is 5.45. The van der Waals surface area contributed by atoms with Crippen LogP contribution < -0.4 is 9.62 Å². The third kappa shape index (κ3) is 3.71. The molecule has 23 heavy (non-hydrogen) atoms. The van der Waals surface area contributed by atoms with Gasteiger partial charge in [-0.25, -0.2) is 8.42 Å². The fraction of sp³-hybridized carbons (Fsp3) is 0.235. The molecule has 0 fully saturated rings. The Bertz CT molecular complexity index is 845. The highest BCUT2D eigenvalue weighted by molar-refractivity contribution is 7.92. The van der Waals surface area contributed by atoms with Gasteiger partial charge in [0.1, 0.15) is 0 Å². The molecule has 0 atom stereocenters. The first-order valence-corrected chi connectivity index (χ1v) is 8.64. The van der Waals surface area contributed by atoms with Gasteiger partial charge < -0.3 is 4.90 Å². The van der Waals surface area contributed by atoms with Gasteiger partial charge in [0, 0.05) is 14.0 Å². The number of nitrogens with one attached hydrogen (secondary N) is 1. The minimum absolute atomic E-state index is 0.178. The van der Waals surface area contributed by atoms with E-state index in [1.165, 1.54) is 11.8 Å². The van der Waals surface area contributed by atoms with E-state index in [4.69, 9.17) is 0 Å². The van der Waals surface area contributed by atoms with Gasteiger partial charge in [0.05, 0.1) is 16.3 Å². The highest BCUT2D eigenvalue weighted by atomic mass is 32.2. The van der Waals surface area contributed by atoms with Gasteiger partial charge in [0.25, 0.3) is 10.0 Å². The molecule has 6 heteroatoms. The number of anilines is 2. The summed E-state index contributed by atoms with van der Waals surface area (Å²) in [5.74, 6) is -0.178. The summed E-state index contributed by atoms with van der Waals surface area (Å²) in [4.78, 5) is 13.2. The molecular weight excluding hydrogens is 312 g/mol. The summed E-state index contributed by atoms with van der Waals surface area (Å²) < 4.78 is 27.8. The van der Waals surface area contributed by atoms with Crippen LogP contribution in [0.4, 0.5) is 11.4 Å². The van der Waals surface area contributed by atoms with Gasteiger partial charge in [0.2, 0.25) is 5.91 Å². The highest BCUT2D eigenvalue weighted by Gasteiger charge is 2.18. The van der Waals surface area contributed by atoms with E-state index in [9.17, 15) is 13.2 Å². The molecule has 0 radical (unpaired) electrons. The van der Waals surface area contributed by atoms with Gasteiger partial charge in [-0.15, -0.1) is 0 Å². The van der Waals surface area contributed by atoms with E-state index >= 15 is 0 Å². The van der Waals surface area contributed by atoms with E-state index in [0.29, 0.717) is 11.4 Å². The molecule has 0 aliphatic heterocycles. The van der Waals surface area contributed by atoms with Crippen LogP contribution in [0.3, 0.4) is 0 Å². The van der Waals surface area contributed by atoms with Crippen LogP contribution in [0.2, 0.25) is 0 Å². The van der Waals surface area contributed by atoms with E-state index in [1.807, 2.05) is 13.8 Å². The van der Waals surface area contributed by atoms with E-state index in [0.717, 1.165) is 11.1 Å². The van der Waals surface area contributed by atoms with Crippen molar-refractivity contribution in [1.29, 1.82) is 0 Å². The fourth-order valence-electron chi connectivity index (χ4n) is 2.11. The summed E-state index contributed by atoms with van der Waals surface area (Å²) >= 11 is 0. The molecule has 0 aromatic heterocycles. The zero-order valence-corrected chi connectivity index (χ0v) is 14.4. The van der Waals surface area contributed by atoms with Gasteiger partial charge in [-0.1, -0.05) is 18.2 Å². The van der Waals surface area contributed by atoms with Crippen LogP contribution in [0.1, 0.15) is 18.1 Å². The first kappa shape index (κ1) is 17.0. The second kappa shape index (κ2) is 6.42. The number of carbonyl (C=O) groups excluding carboxylic acids is 1. The molecule has 2 rings (SSSR count). The third-order valence-corrected chi connectivity index (χ3v) is 5.13. The molecule has 0 aliphatic carbocycles. The molecule has 0 heterocycles. The summed E-state index contributed by atoms with van der Waals surface area (Å²) in [6.07, 6.45) is 0. The van der Waals surface area contributed by atoms with E-state index < -0.39 is 10.0 Å². The largest absolute Gasteiger partial charge is 0.314 e. The molecule has 0 bridgehead atoms. The molecule has 1 N–H and O–H groups in total. The zero-order valence-electron chi connectivity index (χ0n) is 13.6. The maximum atomic E-state index is 12.6. The van der Waals surface area contributed by atoms with Crippen LogP contribution >= 0.6 is 0 Å². The van der Waals surface area contributed by atoms with Crippen LogP contribution in [-0.2, 0) is 14.8 Å². The lowest BCUT2D eigenvalue weighted by atomic mass is 10.1. The lowest BCUT2D eigenvalue weighted by molar-refractivity contribution is -0.116. The van der Waals surface area contributed by atoms with Crippen LogP contribution in [0, 0.1) is 13.8 Å². The van der Waals surface area contributed by atoms with Crippen molar-refractivity contribution in [1.82, 2.24) is 0 Å². The van der Waals surface area contributed by atoms with Crippen molar-refractivity contribution in [2.75, 3.05) is 16.7 Å². The Labute approximate surface area is 137 Å². The molecule has 2 aromatic carbocycles. The molecule has 0 unspecified atom stereocenters. The van der Waals surface area contributed by atoms with E-state index in [2.05, 4.69) is 4.72 Å². The molecule has 1 amide bonds. The van der Waals surface area contributed by atoms with E-state index in [1.54, 1.807) is 49.5 Å². The Morgan fingerprint density at radius 1 is 1.04 bits per heavy atom. The van der Waals surface area contributed by atoms with Crippen molar-refractivity contribution in [3.63, 3.8) is 0 Å². The number of hydrogen-bond acceptors (Lipinski definition) is 3. The topological polar surface area (TPSA) is 66.5 Å². The normalized spacial score (nSPS) is 11.1. The Kier molecular flexibility index (Phi) is 4.75. The van der Waals surface area contributed by atoms with Gasteiger partial charge in [-0.3, -0.25) is 9.52 Å². The number of nitrogens with zero attached hydrogens (tertiary/aromatic N) is 1. The molecular formula is C17H20N2O3S. The van der Waals surface area contributed by atoms with Crippen LogP contribution in [-0.4, -0.2) is 21.4 Å². The molecule has 122 valence electrons. The zero-order chi connectivity index (χ0) is 17.2. The van der Waals surface area contributed by atoms with Gasteiger partial charge in [-0.2, -0.15) is 0 Å².